The molecule has 0 aromatic carbocycles. The zero-order valence-corrected chi connectivity index (χ0v) is 4.96. The van der Waals surface area contributed by atoms with E-state index in [9.17, 15) is 0 Å². The number of rotatable bonds is 0. The van der Waals surface area contributed by atoms with Crippen LogP contribution in [0.2, 0.25) is 0 Å². The van der Waals surface area contributed by atoms with E-state index >= 15 is 0 Å². The van der Waals surface area contributed by atoms with Gasteiger partial charge in [0.1, 0.15) is 0 Å². The summed E-state index contributed by atoms with van der Waals surface area (Å²) in [5.74, 6) is 0.314. The maximum Gasteiger partial charge on any atom is 0.0989 e. The quantitative estimate of drug-likeness (QED) is 0.529. The highest BCUT2D eigenvalue weighted by Crippen LogP contribution is 2.13. The summed E-state index contributed by atoms with van der Waals surface area (Å²) in [6.07, 6.45) is 4.78. The Balaban J connectivity index is 2.78. The molecule has 2 nitrogen and oxygen atoms in total. The second kappa shape index (κ2) is 2.36. The number of nitrogens with zero attached hydrogens (tertiary/aromatic N) is 1. The van der Waals surface area contributed by atoms with Crippen molar-refractivity contribution in [2.75, 3.05) is 0 Å². The lowest BCUT2D eigenvalue weighted by Crippen LogP contribution is -1.88. The predicted octanol–water partition coefficient (Wildman–Crippen LogP) is 1.67. The summed E-state index contributed by atoms with van der Waals surface area (Å²) < 4.78 is 0. The standard InChI is InChI=1S/C7H7NO/c8-5-6-2-1-3-7(9)4-6/h2,4,9H,1,3H2. The van der Waals surface area contributed by atoms with Gasteiger partial charge in [0.05, 0.1) is 17.4 Å². The van der Waals surface area contributed by atoms with Crippen molar-refractivity contribution in [3.05, 3.63) is 23.5 Å². The van der Waals surface area contributed by atoms with E-state index in [-0.39, 0.29) is 0 Å². The minimum Gasteiger partial charge on any atom is -0.512 e. The molecule has 1 N–H and O–H groups in total. The summed E-state index contributed by atoms with van der Waals surface area (Å²) in [5, 5.41) is 17.2. The average Bonchev–Trinajstić information content (AvgIpc) is 1.88. The van der Waals surface area contributed by atoms with E-state index in [1.54, 1.807) is 0 Å². The molecule has 46 valence electrons. The van der Waals surface area contributed by atoms with Crippen LogP contribution in [0.1, 0.15) is 12.8 Å². The Labute approximate surface area is 53.7 Å². The van der Waals surface area contributed by atoms with Crippen molar-refractivity contribution in [2.45, 2.75) is 12.8 Å². The molecule has 0 aromatic heterocycles. The lowest BCUT2D eigenvalue weighted by atomic mass is 10.1. The van der Waals surface area contributed by atoms with E-state index in [2.05, 4.69) is 0 Å². The Morgan fingerprint density at radius 2 is 2.44 bits per heavy atom. The molecular formula is C7H7NO. The molecule has 0 fully saturated rings. The molecule has 0 saturated heterocycles. The minimum atomic E-state index is 0.314. The van der Waals surface area contributed by atoms with Crippen LogP contribution in [0.25, 0.3) is 0 Å². The first kappa shape index (κ1) is 5.90. The van der Waals surface area contributed by atoms with E-state index in [4.69, 9.17) is 10.4 Å². The first-order chi connectivity index (χ1) is 4.33. The number of hydrogen-bond donors (Lipinski definition) is 1. The molecule has 0 heterocycles. The lowest BCUT2D eigenvalue weighted by molar-refractivity contribution is 0.387. The molecule has 0 aromatic rings. The smallest absolute Gasteiger partial charge is 0.0989 e. The molecule has 1 rings (SSSR count). The monoisotopic (exact) mass is 121 g/mol. The largest absolute Gasteiger partial charge is 0.512 e. The Bertz CT molecular complexity index is 207. The zero-order chi connectivity index (χ0) is 6.69. The van der Waals surface area contributed by atoms with Crippen LogP contribution in [-0.2, 0) is 0 Å². The van der Waals surface area contributed by atoms with Crippen LogP contribution in [0, 0.1) is 11.3 Å². The molecule has 0 amide bonds. The molecule has 0 aliphatic heterocycles. The third kappa shape index (κ3) is 1.33. The molecule has 0 spiro atoms. The highest BCUT2D eigenvalue weighted by Gasteiger charge is 2.00. The van der Waals surface area contributed by atoms with Gasteiger partial charge in [0.15, 0.2) is 0 Å². The molecule has 9 heavy (non-hydrogen) atoms. The number of aliphatic hydroxyl groups is 1. The van der Waals surface area contributed by atoms with Crippen molar-refractivity contribution in [1.82, 2.24) is 0 Å². The first-order valence-electron chi connectivity index (χ1n) is 2.83. The highest BCUT2D eigenvalue weighted by atomic mass is 16.3. The average molecular weight is 121 g/mol. The molecular weight excluding hydrogens is 114 g/mol. The lowest BCUT2D eigenvalue weighted by Gasteiger charge is -2.01. The van der Waals surface area contributed by atoms with Gasteiger partial charge >= 0.3 is 0 Å². The van der Waals surface area contributed by atoms with E-state index < -0.39 is 0 Å². The minimum absolute atomic E-state index is 0.314. The number of nitriles is 1. The van der Waals surface area contributed by atoms with Gasteiger partial charge in [-0.3, -0.25) is 0 Å². The van der Waals surface area contributed by atoms with Crippen molar-refractivity contribution in [2.24, 2.45) is 0 Å². The Morgan fingerprint density at radius 3 is 2.89 bits per heavy atom. The maximum absolute atomic E-state index is 8.88. The maximum atomic E-state index is 8.88. The second-order valence-corrected chi connectivity index (χ2v) is 1.95. The number of aliphatic hydroxyl groups excluding tert-OH is 1. The molecule has 0 unspecified atom stereocenters. The van der Waals surface area contributed by atoms with Crippen LogP contribution in [0.15, 0.2) is 23.5 Å². The van der Waals surface area contributed by atoms with Crippen molar-refractivity contribution in [3.8, 4) is 6.07 Å². The van der Waals surface area contributed by atoms with Crippen LogP contribution in [0.4, 0.5) is 0 Å². The molecule has 0 bridgehead atoms. The van der Waals surface area contributed by atoms with Gasteiger partial charge in [0, 0.05) is 6.42 Å². The molecule has 1 aliphatic rings. The topological polar surface area (TPSA) is 44.0 Å². The Hall–Kier alpha value is -1.23. The first-order valence-corrected chi connectivity index (χ1v) is 2.83. The summed E-state index contributed by atoms with van der Waals surface area (Å²) in [5.41, 5.74) is 0.568. The van der Waals surface area contributed by atoms with Crippen LogP contribution >= 0.6 is 0 Å². The summed E-state index contributed by atoms with van der Waals surface area (Å²) in [6, 6.07) is 1.96. The van der Waals surface area contributed by atoms with E-state index in [0.717, 1.165) is 6.42 Å². The van der Waals surface area contributed by atoms with E-state index in [1.807, 2.05) is 12.1 Å². The fourth-order valence-corrected chi connectivity index (χ4v) is 0.764. The normalized spacial score (nSPS) is 17.7. The summed E-state index contributed by atoms with van der Waals surface area (Å²) in [6.45, 7) is 0. The predicted molar refractivity (Wildman–Crippen MR) is 33.6 cm³/mol. The van der Waals surface area contributed by atoms with Crippen LogP contribution < -0.4 is 0 Å². The zero-order valence-electron chi connectivity index (χ0n) is 4.96. The fraction of sp³-hybridized carbons (Fsp3) is 0.286. The third-order valence-electron chi connectivity index (χ3n) is 1.22. The Morgan fingerprint density at radius 1 is 1.67 bits per heavy atom. The van der Waals surface area contributed by atoms with Crippen LogP contribution in [0.5, 0.6) is 0 Å². The highest BCUT2D eigenvalue weighted by molar-refractivity contribution is 5.36. The van der Waals surface area contributed by atoms with Crippen LogP contribution in [0.3, 0.4) is 0 Å². The number of allylic oxidation sites excluding steroid dienone is 4. The van der Waals surface area contributed by atoms with Crippen molar-refractivity contribution in [3.63, 3.8) is 0 Å². The molecule has 2 heteroatoms. The van der Waals surface area contributed by atoms with Gasteiger partial charge in [-0.05, 0) is 12.5 Å². The van der Waals surface area contributed by atoms with Crippen molar-refractivity contribution in [1.29, 1.82) is 5.26 Å². The van der Waals surface area contributed by atoms with Crippen molar-refractivity contribution >= 4 is 0 Å². The van der Waals surface area contributed by atoms with Gasteiger partial charge in [0.25, 0.3) is 0 Å². The van der Waals surface area contributed by atoms with E-state index in [1.165, 1.54) is 6.08 Å². The molecule has 0 saturated carbocycles. The van der Waals surface area contributed by atoms with Gasteiger partial charge in [-0.25, -0.2) is 0 Å². The van der Waals surface area contributed by atoms with Gasteiger partial charge in [-0.1, -0.05) is 6.08 Å². The van der Waals surface area contributed by atoms with Gasteiger partial charge in [-0.2, -0.15) is 5.26 Å². The number of hydrogen-bond acceptors (Lipinski definition) is 2. The van der Waals surface area contributed by atoms with E-state index in [0.29, 0.717) is 17.8 Å². The summed E-state index contributed by atoms with van der Waals surface area (Å²) in [4.78, 5) is 0. The summed E-state index contributed by atoms with van der Waals surface area (Å²) in [7, 11) is 0. The van der Waals surface area contributed by atoms with Crippen LogP contribution in [-0.4, -0.2) is 5.11 Å². The third-order valence-corrected chi connectivity index (χ3v) is 1.22. The van der Waals surface area contributed by atoms with Gasteiger partial charge in [0.2, 0.25) is 0 Å². The SMILES string of the molecule is N#CC1=CCCC(O)=C1. The van der Waals surface area contributed by atoms with Crippen molar-refractivity contribution < 1.29 is 5.11 Å². The Kier molecular flexibility index (Phi) is 1.55. The second-order valence-electron chi connectivity index (χ2n) is 1.95. The van der Waals surface area contributed by atoms with Gasteiger partial charge < -0.3 is 5.11 Å². The summed E-state index contributed by atoms with van der Waals surface area (Å²) >= 11 is 0. The molecule has 1 aliphatic carbocycles. The fourth-order valence-electron chi connectivity index (χ4n) is 0.764. The molecule has 0 radical (unpaired) electrons. The molecule has 0 atom stereocenters. The van der Waals surface area contributed by atoms with Gasteiger partial charge in [-0.15, -0.1) is 0 Å².